The molecule has 0 fully saturated rings. The second kappa shape index (κ2) is 8.55. The Morgan fingerprint density at radius 1 is 1.10 bits per heavy atom. The summed E-state index contributed by atoms with van der Waals surface area (Å²) in [5.41, 5.74) is 1.36. The van der Waals surface area contributed by atoms with E-state index in [0.717, 1.165) is 5.69 Å². The Labute approximate surface area is 164 Å². The maximum absolute atomic E-state index is 12.3. The molecule has 0 unspecified atom stereocenters. The maximum atomic E-state index is 12.3. The molecular weight excluding hydrogens is 383 g/mol. The first-order valence-corrected chi connectivity index (χ1v) is 8.57. The number of nitrogens with one attached hydrogen (secondary N) is 1. The first-order valence-electron chi connectivity index (χ1n) is 8.57. The van der Waals surface area contributed by atoms with Gasteiger partial charge in [0.15, 0.2) is 0 Å². The number of alkyl halides is 3. The molecule has 0 aliphatic rings. The van der Waals surface area contributed by atoms with Crippen molar-refractivity contribution in [3.63, 3.8) is 0 Å². The minimum Gasteiger partial charge on any atom is -0.406 e. The fourth-order valence-electron chi connectivity index (χ4n) is 2.65. The minimum atomic E-state index is -4.76. The number of nitrogens with zero attached hydrogens (tertiary/aromatic N) is 2. The molecule has 1 aromatic heterocycles. The number of carbonyl (C=O) groups excluding carboxylic acids is 1. The monoisotopic (exact) mass is 399 g/mol. The van der Waals surface area contributed by atoms with E-state index in [1.165, 1.54) is 41.2 Å². The van der Waals surface area contributed by atoms with Crippen molar-refractivity contribution in [2.24, 2.45) is 0 Å². The fourth-order valence-corrected chi connectivity index (χ4v) is 2.65. The molecule has 0 aliphatic heterocycles. The van der Waals surface area contributed by atoms with Gasteiger partial charge in [0.2, 0.25) is 5.78 Å². The molecule has 0 atom stereocenters. The average Bonchev–Trinajstić information content (AvgIpc) is 3.17. The first-order chi connectivity index (χ1) is 13.8. The molecule has 8 heteroatoms. The van der Waals surface area contributed by atoms with E-state index in [0.29, 0.717) is 11.3 Å². The number of allylic oxidation sites excluding steroid dienone is 2. The van der Waals surface area contributed by atoms with E-state index in [1.807, 2.05) is 18.2 Å². The normalized spacial score (nSPS) is 11.6. The quantitative estimate of drug-likeness (QED) is 0.470. The van der Waals surface area contributed by atoms with Crippen LogP contribution in [-0.4, -0.2) is 27.6 Å². The Hall–Kier alpha value is -3.68. The van der Waals surface area contributed by atoms with Crippen molar-refractivity contribution in [3.05, 3.63) is 90.3 Å². The van der Waals surface area contributed by atoms with E-state index < -0.39 is 12.1 Å². The van der Waals surface area contributed by atoms with Gasteiger partial charge in [0.25, 0.3) is 0 Å². The van der Waals surface area contributed by atoms with Crippen molar-refractivity contribution in [2.75, 3.05) is 0 Å². The van der Waals surface area contributed by atoms with Crippen molar-refractivity contribution >= 4 is 11.5 Å². The Balaban J connectivity index is 1.67. The second-order valence-corrected chi connectivity index (χ2v) is 6.00. The number of hydrogen-bond acceptors (Lipinski definition) is 4. The average molecular weight is 399 g/mol. The predicted octanol–water partition coefficient (Wildman–Crippen LogP) is 4.51. The van der Waals surface area contributed by atoms with Gasteiger partial charge in [-0.25, -0.2) is 4.68 Å². The van der Waals surface area contributed by atoms with Crippen LogP contribution >= 0.6 is 0 Å². The third kappa shape index (κ3) is 5.41. The van der Waals surface area contributed by atoms with Gasteiger partial charge in [-0.05, 0) is 48.4 Å². The molecule has 0 saturated carbocycles. The molecule has 148 valence electrons. The van der Waals surface area contributed by atoms with Crippen LogP contribution in [0.25, 0.3) is 5.69 Å². The maximum Gasteiger partial charge on any atom is 0.573 e. The van der Waals surface area contributed by atoms with Crippen LogP contribution < -0.4 is 4.74 Å². The summed E-state index contributed by atoms with van der Waals surface area (Å²) < 4.78 is 42.3. The standard InChI is InChI=1S/C21H16F3N3O2/c22-21(23,24)29-17-10-4-6-15(14-17)7-5-11-19(28)20(25)18-12-13-26-27(18)16-8-2-1-3-9-16/h1-6,8-14,25H,7H2/b11-5-,25-20?. The van der Waals surface area contributed by atoms with Gasteiger partial charge in [-0.3, -0.25) is 10.2 Å². The summed E-state index contributed by atoms with van der Waals surface area (Å²) in [6.07, 6.45) is -0.331. The number of benzene rings is 2. The van der Waals surface area contributed by atoms with E-state index in [9.17, 15) is 18.0 Å². The highest BCUT2D eigenvalue weighted by molar-refractivity contribution is 6.48. The predicted molar refractivity (Wildman–Crippen MR) is 101 cm³/mol. The third-order valence-corrected chi connectivity index (χ3v) is 3.90. The highest BCUT2D eigenvalue weighted by atomic mass is 19.4. The highest BCUT2D eigenvalue weighted by Crippen LogP contribution is 2.23. The zero-order chi connectivity index (χ0) is 20.9. The Kier molecular flexibility index (Phi) is 5.92. The van der Waals surface area contributed by atoms with Crippen LogP contribution in [0.4, 0.5) is 13.2 Å². The Bertz CT molecular complexity index is 1040. The van der Waals surface area contributed by atoms with Crippen LogP contribution in [0.2, 0.25) is 0 Å². The number of rotatable bonds is 7. The molecule has 5 nitrogen and oxygen atoms in total. The number of para-hydroxylation sites is 1. The summed E-state index contributed by atoms with van der Waals surface area (Å²) in [6, 6.07) is 16.2. The molecule has 1 heterocycles. The number of aromatic nitrogens is 2. The Morgan fingerprint density at radius 3 is 2.59 bits per heavy atom. The Morgan fingerprint density at radius 2 is 1.86 bits per heavy atom. The van der Waals surface area contributed by atoms with Gasteiger partial charge >= 0.3 is 6.36 Å². The number of hydrogen-bond donors (Lipinski definition) is 1. The number of carbonyl (C=O) groups is 1. The molecule has 3 aromatic rings. The lowest BCUT2D eigenvalue weighted by Crippen LogP contribution is -2.17. The van der Waals surface area contributed by atoms with Crippen molar-refractivity contribution in [2.45, 2.75) is 12.8 Å². The lowest BCUT2D eigenvalue weighted by Gasteiger charge is -2.09. The molecular formula is C21H16F3N3O2. The summed E-state index contributed by atoms with van der Waals surface area (Å²) in [7, 11) is 0. The SMILES string of the molecule is N=C(C(=O)/C=C\Cc1cccc(OC(F)(F)F)c1)c1ccnn1-c1ccccc1. The minimum absolute atomic E-state index is 0.214. The smallest absolute Gasteiger partial charge is 0.406 e. The summed E-state index contributed by atoms with van der Waals surface area (Å²) in [6.45, 7) is 0. The lowest BCUT2D eigenvalue weighted by molar-refractivity contribution is -0.274. The van der Waals surface area contributed by atoms with E-state index in [1.54, 1.807) is 24.3 Å². The largest absolute Gasteiger partial charge is 0.573 e. The van der Waals surface area contributed by atoms with Gasteiger partial charge in [0.1, 0.15) is 11.5 Å². The molecule has 0 bridgehead atoms. The fraction of sp³-hybridized carbons (Fsp3) is 0.0952. The van der Waals surface area contributed by atoms with E-state index >= 15 is 0 Å². The van der Waals surface area contributed by atoms with Crippen LogP contribution in [0.5, 0.6) is 5.75 Å². The van der Waals surface area contributed by atoms with E-state index in [2.05, 4.69) is 9.84 Å². The van der Waals surface area contributed by atoms with Crippen molar-refractivity contribution < 1.29 is 22.7 Å². The first kappa shape index (κ1) is 20.1. The van der Waals surface area contributed by atoms with Crippen LogP contribution in [0.3, 0.4) is 0 Å². The zero-order valence-electron chi connectivity index (χ0n) is 15.1. The van der Waals surface area contributed by atoms with Gasteiger partial charge in [0.05, 0.1) is 17.6 Å². The van der Waals surface area contributed by atoms with Crippen LogP contribution in [0.1, 0.15) is 11.3 Å². The number of halogens is 3. The lowest BCUT2D eigenvalue weighted by atomic mass is 10.1. The molecule has 0 radical (unpaired) electrons. The third-order valence-electron chi connectivity index (χ3n) is 3.90. The summed E-state index contributed by atoms with van der Waals surface area (Å²) in [5, 5.41) is 12.3. The second-order valence-electron chi connectivity index (χ2n) is 6.00. The van der Waals surface area contributed by atoms with Crippen LogP contribution in [0.15, 0.2) is 79.0 Å². The van der Waals surface area contributed by atoms with Gasteiger partial charge in [-0.2, -0.15) is 5.10 Å². The van der Waals surface area contributed by atoms with Crippen molar-refractivity contribution in [1.29, 1.82) is 5.41 Å². The summed E-state index contributed by atoms with van der Waals surface area (Å²) in [5.74, 6) is -0.861. The number of ether oxygens (including phenoxy) is 1. The number of ketones is 1. The van der Waals surface area contributed by atoms with Gasteiger partial charge < -0.3 is 4.74 Å². The molecule has 29 heavy (non-hydrogen) atoms. The molecule has 0 aliphatic carbocycles. The highest BCUT2D eigenvalue weighted by Gasteiger charge is 2.31. The van der Waals surface area contributed by atoms with Crippen molar-refractivity contribution in [3.8, 4) is 11.4 Å². The van der Waals surface area contributed by atoms with Crippen molar-refractivity contribution in [1.82, 2.24) is 9.78 Å². The summed E-state index contributed by atoms with van der Waals surface area (Å²) in [4.78, 5) is 12.3. The van der Waals surface area contributed by atoms with E-state index in [-0.39, 0.29) is 17.9 Å². The topological polar surface area (TPSA) is 68.0 Å². The van der Waals surface area contributed by atoms with Crippen LogP contribution in [0, 0.1) is 5.41 Å². The van der Waals surface area contributed by atoms with Crippen LogP contribution in [-0.2, 0) is 11.2 Å². The molecule has 0 amide bonds. The van der Waals surface area contributed by atoms with Gasteiger partial charge in [-0.1, -0.05) is 36.4 Å². The molecule has 0 saturated heterocycles. The molecule has 1 N–H and O–H groups in total. The zero-order valence-corrected chi connectivity index (χ0v) is 15.1. The summed E-state index contributed by atoms with van der Waals surface area (Å²) >= 11 is 0. The molecule has 2 aromatic carbocycles. The van der Waals surface area contributed by atoms with Gasteiger partial charge in [-0.15, -0.1) is 13.2 Å². The van der Waals surface area contributed by atoms with E-state index in [4.69, 9.17) is 5.41 Å². The molecule has 3 rings (SSSR count). The van der Waals surface area contributed by atoms with Gasteiger partial charge in [0, 0.05) is 0 Å². The molecule has 0 spiro atoms.